The van der Waals surface area contributed by atoms with Crippen LogP contribution in [0.2, 0.25) is 0 Å². The summed E-state index contributed by atoms with van der Waals surface area (Å²) in [5.74, 6) is 0.958. The molecule has 1 aromatic rings. The molecule has 1 atom stereocenters. The van der Waals surface area contributed by atoms with Gasteiger partial charge in [-0.1, -0.05) is 13.8 Å². The van der Waals surface area contributed by atoms with Crippen molar-refractivity contribution in [2.24, 2.45) is 17.6 Å². The van der Waals surface area contributed by atoms with Crippen molar-refractivity contribution < 1.29 is 4.79 Å². The molecule has 0 spiro atoms. The van der Waals surface area contributed by atoms with Crippen LogP contribution in [0.15, 0.2) is 24.3 Å². The Labute approximate surface area is 109 Å². The molecule has 4 heteroatoms. The largest absolute Gasteiger partial charge is 0.385 e. The van der Waals surface area contributed by atoms with Gasteiger partial charge in [0.1, 0.15) is 0 Å². The van der Waals surface area contributed by atoms with Gasteiger partial charge in [-0.25, -0.2) is 0 Å². The molecule has 0 heterocycles. The number of nitrogens with one attached hydrogen (secondary N) is 2. The van der Waals surface area contributed by atoms with Crippen molar-refractivity contribution in [2.75, 3.05) is 25.5 Å². The van der Waals surface area contributed by atoms with Crippen LogP contribution in [0, 0.1) is 11.8 Å². The average molecular weight is 249 g/mol. The van der Waals surface area contributed by atoms with Gasteiger partial charge in [-0.3, -0.25) is 4.79 Å². The summed E-state index contributed by atoms with van der Waals surface area (Å²) in [4.78, 5) is 11.4. The SMILES string of the molecule is CNC(=O)c1ccc(NCC(CN)C(C)C)cc1. The van der Waals surface area contributed by atoms with Crippen LogP contribution >= 0.6 is 0 Å². The minimum Gasteiger partial charge on any atom is -0.385 e. The first-order valence-corrected chi connectivity index (χ1v) is 6.34. The summed E-state index contributed by atoms with van der Waals surface area (Å²) >= 11 is 0. The lowest BCUT2D eigenvalue weighted by Crippen LogP contribution is -2.27. The predicted octanol–water partition coefficient (Wildman–Crippen LogP) is 1.69. The van der Waals surface area contributed by atoms with Gasteiger partial charge >= 0.3 is 0 Å². The lowest BCUT2D eigenvalue weighted by molar-refractivity contribution is 0.0963. The minimum atomic E-state index is -0.0661. The van der Waals surface area contributed by atoms with Crippen LogP contribution in [0.3, 0.4) is 0 Å². The molecule has 4 nitrogen and oxygen atoms in total. The van der Waals surface area contributed by atoms with Crippen molar-refractivity contribution in [3.05, 3.63) is 29.8 Å². The van der Waals surface area contributed by atoms with Gasteiger partial charge in [0.2, 0.25) is 0 Å². The smallest absolute Gasteiger partial charge is 0.251 e. The Balaban J connectivity index is 2.56. The highest BCUT2D eigenvalue weighted by atomic mass is 16.1. The van der Waals surface area contributed by atoms with Crippen molar-refractivity contribution in [2.45, 2.75) is 13.8 Å². The Morgan fingerprint density at radius 2 is 1.89 bits per heavy atom. The first kappa shape index (κ1) is 14.5. The number of amides is 1. The summed E-state index contributed by atoms with van der Waals surface area (Å²) in [6.07, 6.45) is 0. The van der Waals surface area contributed by atoms with E-state index in [2.05, 4.69) is 24.5 Å². The van der Waals surface area contributed by atoms with E-state index in [4.69, 9.17) is 5.73 Å². The van der Waals surface area contributed by atoms with Gasteiger partial charge < -0.3 is 16.4 Å². The highest BCUT2D eigenvalue weighted by molar-refractivity contribution is 5.94. The third kappa shape index (κ3) is 4.04. The molecule has 0 aliphatic carbocycles. The van der Waals surface area contributed by atoms with Crippen LogP contribution in [0.1, 0.15) is 24.2 Å². The number of nitrogens with two attached hydrogens (primary N) is 1. The minimum absolute atomic E-state index is 0.0661. The summed E-state index contributed by atoms with van der Waals surface area (Å²) < 4.78 is 0. The molecule has 0 aliphatic rings. The second-order valence-corrected chi connectivity index (χ2v) is 4.78. The van der Waals surface area contributed by atoms with Crippen LogP contribution in [-0.4, -0.2) is 26.0 Å². The lowest BCUT2D eigenvalue weighted by Gasteiger charge is -2.20. The van der Waals surface area contributed by atoms with Crippen molar-refractivity contribution in [3.8, 4) is 0 Å². The van der Waals surface area contributed by atoms with E-state index in [9.17, 15) is 4.79 Å². The Morgan fingerprint density at radius 1 is 1.28 bits per heavy atom. The molecular weight excluding hydrogens is 226 g/mol. The average Bonchev–Trinajstić information content (AvgIpc) is 2.39. The molecule has 1 rings (SSSR count). The summed E-state index contributed by atoms with van der Waals surface area (Å²) in [6.45, 7) is 5.89. The Hall–Kier alpha value is -1.55. The van der Waals surface area contributed by atoms with Gasteiger partial charge in [0.25, 0.3) is 5.91 Å². The molecule has 0 radical (unpaired) electrons. The number of benzene rings is 1. The van der Waals surface area contributed by atoms with E-state index in [1.54, 1.807) is 7.05 Å². The third-order valence-electron chi connectivity index (χ3n) is 3.19. The first-order valence-electron chi connectivity index (χ1n) is 6.34. The Bertz CT molecular complexity index is 373. The number of carbonyl (C=O) groups excluding carboxylic acids is 1. The number of anilines is 1. The zero-order chi connectivity index (χ0) is 13.5. The molecule has 0 saturated heterocycles. The zero-order valence-electron chi connectivity index (χ0n) is 11.4. The zero-order valence-corrected chi connectivity index (χ0v) is 11.4. The topological polar surface area (TPSA) is 67.2 Å². The van der Waals surface area contributed by atoms with E-state index in [1.807, 2.05) is 24.3 Å². The van der Waals surface area contributed by atoms with Crippen LogP contribution in [0.25, 0.3) is 0 Å². The number of hydrogen-bond donors (Lipinski definition) is 3. The molecule has 0 aliphatic heterocycles. The molecule has 0 bridgehead atoms. The van der Waals surface area contributed by atoms with Crippen LogP contribution < -0.4 is 16.4 Å². The monoisotopic (exact) mass is 249 g/mol. The summed E-state index contributed by atoms with van der Waals surface area (Å²) in [5.41, 5.74) is 7.41. The number of hydrogen-bond acceptors (Lipinski definition) is 3. The van der Waals surface area contributed by atoms with Gasteiger partial charge in [0, 0.05) is 24.8 Å². The van der Waals surface area contributed by atoms with Crippen molar-refractivity contribution in [3.63, 3.8) is 0 Å². The van der Waals surface area contributed by atoms with Gasteiger partial charge in [-0.05, 0) is 42.6 Å². The molecule has 0 aromatic heterocycles. The fourth-order valence-electron chi connectivity index (χ4n) is 1.72. The Kier molecular flexibility index (Phi) is 5.65. The van der Waals surface area contributed by atoms with E-state index < -0.39 is 0 Å². The second kappa shape index (κ2) is 7.01. The van der Waals surface area contributed by atoms with Crippen molar-refractivity contribution in [1.82, 2.24) is 5.32 Å². The van der Waals surface area contributed by atoms with Gasteiger partial charge in [-0.2, -0.15) is 0 Å². The summed E-state index contributed by atoms with van der Waals surface area (Å²) in [5, 5.41) is 5.95. The van der Waals surface area contributed by atoms with E-state index in [-0.39, 0.29) is 5.91 Å². The van der Waals surface area contributed by atoms with Gasteiger partial charge in [-0.15, -0.1) is 0 Å². The molecular formula is C14H23N3O. The standard InChI is InChI=1S/C14H23N3O/c1-10(2)12(8-15)9-17-13-6-4-11(5-7-13)14(18)16-3/h4-7,10,12,17H,8-9,15H2,1-3H3,(H,16,18). The van der Waals surface area contributed by atoms with E-state index in [1.165, 1.54) is 0 Å². The normalized spacial score (nSPS) is 12.3. The van der Waals surface area contributed by atoms with Gasteiger partial charge in [0.15, 0.2) is 0 Å². The summed E-state index contributed by atoms with van der Waals surface area (Å²) in [6, 6.07) is 7.46. The molecule has 18 heavy (non-hydrogen) atoms. The van der Waals surface area contributed by atoms with E-state index in [0.717, 1.165) is 12.2 Å². The van der Waals surface area contributed by atoms with Crippen molar-refractivity contribution in [1.29, 1.82) is 0 Å². The molecule has 1 unspecified atom stereocenters. The van der Waals surface area contributed by atoms with Gasteiger partial charge in [0.05, 0.1) is 0 Å². The molecule has 100 valence electrons. The van der Waals surface area contributed by atoms with Crippen LogP contribution in [0.4, 0.5) is 5.69 Å². The van der Waals surface area contributed by atoms with E-state index >= 15 is 0 Å². The maximum Gasteiger partial charge on any atom is 0.251 e. The maximum absolute atomic E-state index is 11.4. The molecule has 0 fully saturated rings. The Morgan fingerprint density at radius 3 is 2.33 bits per heavy atom. The lowest BCUT2D eigenvalue weighted by atomic mass is 9.96. The first-order chi connectivity index (χ1) is 8.58. The molecule has 1 aromatic carbocycles. The second-order valence-electron chi connectivity index (χ2n) is 4.78. The fourth-order valence-corrected chi connectivity index (χ4v) is 1.72. The molecule has 4 N–H and O–H groups in total. The third-order valence-corrected chi connectivity index (χ3v) is 3.19. The molecule has 0 saturated carbocycles. The predicted molar refractivity (Wildman–Crippen MR) is 75.7 cm³/mol. The molecule has 1 amide bonds. The quantitative estimate of drug-likeness (QED) is 0.718. The van der Waals surface area contributed by atoms with Crippen LogP contribution in [0.5, 0.6) is 0 Å². The fraction of sp³-hybridized carbons (Fsp3) is 0.500. The number of carbonyl (C=O) groups is 1. The number of rotatable bonds is 6. The highest BCUT2D eigenvalue weighted by Gasteiger charge is 2.10. The summed E-state index contributed by atoms with van der Waals surface area (Å²) in [7, 11) is 1.63. The van der Waals surface area contributed by atoms with E-state index in [0.29, 0.717) is 23.9 Å². The van der Waals surface area contributed by atoms with Crippen molar-refractivity contribution >= 4 is 11.6 Å². The highest BCUT2D eigenvalue weighted by Crippen LogP contribution is 2.13. The maximum atomic E-state index is 11.4. The van der Waals surface area contributed by atoms with Crippen LogP contribution in [-0.2, 0) is 0 Å².